The molecular formula is C18H20ClFN2O. The molecule has 0 saturated carbocycles. The number of anilines is 1. The fourth-order valence-electron chi connectivity index (χ4n) is 2.34. The first-order chi connectivity index (χ1) is 10.8. The van der Waals surface area contributed by atoms with Crippen molar-refractivity contribution in [3.8, 4) is 0 Å². The molecule has 0 aliphatic heterocycles. The maximum Gasteiger partial charge on any atom is 0.224 e. The molecular weight excluding hydrogens is 315 g/mol. The largest absolute Gasteiger partial charge is 0.399 e. The number of nitrogens with two attached hydrogens (primary N) is 1. The second-order valence-corrected chi connectivity index (χ2v) is 6.61. The van der Waals surface area contributed by atoms with E-state index >= 15 is 0 Å². The summed E-state index contributed by atoms with van der Waals surface area (Å²) in [6.45, 7) is 4.32. The molecule has 2 aromatic rings. The predicted molar refractivity (Wildman–Crippen MR) is 92.0 cm³/mol. The highest BCUT2D eigenvalue weighted by atomic mass is 35.5. The summed E-state index contributed by atoms with van der Waals surface area (Å²) >= 11 is 6.11. The van der Waals surface area contributed by atoms with Crippen molar-refractivity contribution in [3.05, 3.63) is 64.4 Å². The van der Waals surface area contributed by atoms with E-state index in [-0.39, 0.29) is 18.1 Å². The van der Waals surface area contributed by atoms with Crippen LogP contribution in [0.3, 0.4) is 0 Å². The normalized spacial score (nSPS) is 11.3. The Bertz CT molecular complexity index is 699. The molecule has 2 aromatic carbocycles. The molecule has 0 atom stereocenters. The van der Waals surface area contributed by atoms with E-state index < -0.39 is 5.41 Å². The maximum absolute atomic E-state index is 13.2. The monoisotopic (exact) mass is 334 g/mol. The smallest absolute Gasteiger partial charge is 0.224 e. The zero-order chi connectivity index (χ0) is 17.0. The Labute approximate surface area is 140 Å². The van der Waals surface area contributed by atoms with E-state index in [1.807, 2.05) is 26.0 Å². The van der Waals surface area contributed by atoms with Crippen LogP contribution in [0, 0.1) is 5.82 Å². The van der Waals surface area contributed by atoms with Crippen molar-refractivity contribution in [1.82, 2.24) is 5.32 Å². The third kappa shape index (κ3) is 4.70. The van der Waals surface area contributed by atoms with Gasteiger partial charge in [-0.2, -0.15) is 0 Å². The van der Waals surface area contributed by atoms with E-state index in [0.717, 1.165) is 11.1 Å². The minimum atomic E-state index is -0.401. The van der Waals surface area contributed by atoms with E-state index in [1.54, 1.807) is 18.2 Å². The lowest BCUT2D eigenvalue weighted by Crippen LogP contribution is -2.37. The lowest BCUT2D eigenvalue weighted by atomic mass is 9.84. The van der Waals surface area contributed by atoms with E-state index in [2.05, 4.69) is 5.32 Å². The fraction of sp³-hybridized carbons (Fsp3) is 0.278. The van der Waals surface area contributed by atoms with E-state index in [9.17, 15) is 9.18 Å². The number of carbonyl (C=O) groups excluding carboxylic acids is 1. The van der Waals surface area contributed by atoms with Crippen molar-refractivity contribution in [1.29, 1.82) is 0 Å². The third-order valence-corrected chi connectivity index (χ3v) is 4.04. The minimum absolute atomic E-state index is 0.0823. The molecule has 3 N–H and O–H groups in total. The Balaban J connectivity index is 1.98. The van der Waals surface area contributed by atoms with Crippen LogP contribution in [0.25, 0.3) is 0 Å². The van der Waals surface area contributed by atoms with Gasteiger partial charge in [-0.25, -0.2) is 4.39 Å². The van der Waals surface area contributed by atoms with Crippen LogP contribution >= 0.6 is 11.6 Å². The highest BCUT2D eigenvalue weighted by Gasteiger charge is 2.24. The van der Waals surface area contributed by atoms with Crippen LogP contribution in [-0.2, 0) is 16.6 Å². The van der Waals surface area contributed by atoms with Crippen LogP contribution in [0.1, 0.15) is 25.0 Å². The van der Waals surface area contributed by atoms with Gasteiger partial charge in [0.1, 0.15) is 5.82 Å². The molecule has 23 heavy (non-hydrogen) atoms. The van der Waals surface area contributed by atoms with E-state index in [4.69, 9.17) is 17.3 Å². The van der Waals surface area contributed by atoms with Crippen molar-refractivity contribution < 1.29 is 9.18 Å². The van der Waals surface area contributed by atoms with Gasteiger partial charge < -0.3 is 11.1 Å². The Kier molecular flexibility index (Phi) is 5.26. The zero-order valence-corrected chi connectivity index (χ0v) is 14.0. The number of amides is 1. The standard InChI is InChI=1S/C18H20ClFN2O/c1-18(2,15-8-5-13(20)10-16(15)19)11-22-17(23)9-12-3-6-14(21)7-4-12/h3-8,10H,9,11,21H2,1-2H3,(H,22,23). The van der Waals surface area contributed by atoms with Crippen molar-refractivity contribution in [2.24, 2.45) is 0 Å². The maximum atomic E-state index is 13.2. The number of benzene rings is 2. The van der Waals surface area contributed by atoms with E-state index in [1.165, 1.54) is 12.1 Å². The van der Waals surface area contributed by atoms with Gasteiger partial charge in [0, 0.05) is 22.7 Å². The van der Waals surface area contributed by atoms with Crippen LogP contribution < -0.4 is 11.1 Å². The van der Waals surface area contributed by atoms with Crippen LogP contribution in [0.5, 0.6) is 0 Å². The molecule has 0 fully saturated rings. The van der Waals surface area contributed by atoms with Crippen molar-refractivity contribution in [2.75, 3.05) is 12.3 Å². The molecule has 5 heteroatoms. The molecule has 0 radical (unpaired) electrons. The quantitative estimate of drug-likeness (QED) is 0.819. The van der Waals surface area contributed by atoms with Crippen LogP contribution in [0.4, 0.5) is 10.1 Å². The van der Waals surface area contributed by atoms with Crippen LogP contribution in [0.15, 0.2) is 42.5 Å². The van der Waals surface area contributed by atoms with Crippen molar-refractivity contribution >= 4 is 23.2 Å². The number of halogens is 2. The summed E-state index contributed by atoms with van der Waals surface area (Å²) < 4.78 is 13.2. The topological polar surface area (TPSA) is 55.1 Å². The van der Waals surface area contributed by atoms with Crippen LogP contribution in [0.2, 0.25) is 5.02 Å². The lowest BCUT2D eigenvalue weighted by molar-refractivity contribution is -0.120. The summed E-state index contributed by atoms with van der Waals surface area (Å²) in [5.74, 6) is -0.456. The molecule has 0 bridgehead atoms. The van der Waals surface area contributed by atoms with Crippen molar-refractivity contribution in [2.45, 2.75) is 25.7 Å². The molecule has 0 saturated heterocycles. The lowest BCUT2D eigenvalue weighted by Gasteiger charge is -2.26. The summed E-state index contributed by atoms with van der Waals surface area (Å²) in [6, 6.07) is 11.5. The first-order valence-corrected chi connectivity index (χ1v) is 7.72. The van der Waals surface area contributed by atoms with Gasteiger partial charge in [0.25, 0.3) is 0 Å². The highest BCUT2D eigenvalue weighted by molar-refractivity contribution is 6.31. The molecule has 0 heterocycles. The number of nitrogen functional groups attached to an aromatic ring is 1. The fourth-order valence-corrected chi connectivity index (χ4v) is 2.76. The second kappa shape index (κ2) is 7.01. The first kappa shape index (κ1) is 17.3. The molecule has 0 spiro atoms. The molecule has 0 aliphatic rings. The number of carbonyl (C=O) groups is 1. The number of nitrogens with one attached hydrogen (secondary N) is 1. The number of rotatable bonds is 5. The van der Waals surface area contributed by atoms with Gasteiger partial charge >= 0.3 is 0 Å². The summed E-state index contributed by atoms with van der Waals surface area (Å²) in [7, 11) is 0. The average molecular weight is 335 g/mol. The SMILES string of the molecule is CC(C)(CNC(=O)Cc1ccc(N)cc1)c1ccc(F)cc1Cl. The zero-order valence-electron chi connectivity index (χ0n) is 13.2. The van der Waals surface area contributed by atoms with Gasteiger partial charge in [0.15, 0.2) is 0 Å². The van der Waals surface area contributed by atoms with Gasteiger partial charge in [-0.3, -0.25) is 4.79 Å². The Morgan fingerprint density at radius 3 is 2.48 bits per heavy atom. The Hall–Kier alpha value is -2.07. The summed E-state index contributed by atoms with van der Waals surface area (Å²) in [5, 5.41) is 3.27. The molecule has 122 valence electrons. The van der Waals surface area contributed by atoms with Crippen LogP contribution in [-0.4, -0.2) is 12.5 Å². The minimum Gasteiger partial charge on any atom is -0.399 e. The van der Waals surface area contributed by atoms with Gasteiger partial charge in [-0.15, -0.1) is 0 Å². The number of hydrogen-bond acceptors (Lipinski definition) is 2. The Morgan fingerprint density at radius 1 is 1.22 bits per heavy atom. The van der Waals surface area contributed by atoms with Gasteiger partial charge in [0.2, 0.25) is 5.91 Å². The second-order valence-electron chi connectivity index (χ2n) is 6.20. The summed E-state index contributed by atoms with van der Waals surface area (Å²) in [6.07, 6.45) is 0.285. The van der Waals surface area contributed by atoms with E-state index in [0.29, 0.717) is 17.3 Å². The molecule has 1 amide bonds. The van der Waals surface area contributed by atoms with Gasteiger partial charge in [0.05, 0.1) is 6.42 Å². The Morgan fingerprint density at radius 2 is 1.87 bits per heavy atom. The van der Waals surface area contributed by atoms with Gasteiger partial charge in [-0.1, -0.05) is 43.6 Å². The molecule has 3 nitrogen and oxygen atoms in total. The average Bonchev–Trinajstić information content (AvgIpc) is 2.47. The first-order valence-electron chi connectivity index (χ1n) is 7.34. The highest BCUT2D eigenvalue weighted by Crippen LogP contribution is 2.29. The molecule has 0 aliphatic carbocycles. The van der Waals surface area contributed by atoms with Crippen molar-refractivity contribution in [3.63, 3.8) is 0 Å². The van der Waals surface area contributed by atoms with Gasteiger partial charge in [-0.05, 0) is 35.4 Å². The predicted octanol–water partition coefficient (Wildman–Crippen LogP) is 3.70. The number of hydrogen-bond donors (Lipinski definition) is 2. The molecule has 2 rings (SSSR count). The molecule has 0 aromatic heterocycles. The summed E-state index contributed by atoms with van der Waals surface area (Å²) in [4.78, 5) is 12.1. The third-order valence-electron chi connectivity index (χ3n) is 3.73. The molecule has 0 unspecified atom stereocenters. The summed E-state index contributed by atoms with van der Waals surface area (Å²) in [5.41, 5.74) is 7.59.